The number of nitrogens with zero attached hydrogens (tertiary/aromatic N) is 2. The molecule has 0 saturated carbocycles. The van der Waals surface area contributed by atoms with E-state index in [1.165, 1.54) is 59.8 Å². The fourth-order valence-corrected chi connectivity index (χ4v) is 7.42. The van der Waals surface area contributed by atoms with Gasteiger partial charge >= 0.3 is 0 Å². The number of aromatic nitrogens is 2. The van der Waals surface area contributed by atoms with E-state index in [1.807, 2.05) is 24.3 Å². The summed E-state index contributed by atoms with van der Waals surface area (Å²) in [6.45, 7) is 0. The highest BCUT2D eigenvalue weighted by atomic mass is 14.8. The van der Waals surface area contributed by atoms with Gasteiger partial charge < -0.3 is 0 Å². The van der Waals surface area contributed by atoms with Crippen molar-refractivity contribution in [2.45, 2.75) is 0 Å². The van der Waals surface area contributed by atoms with Crippen LogP contribution < -0.4 is 0 Å². The van der Waals surface area contributed by atoms with Gasteiger partial charge in [0.05, 0.1) is 22.1 Å². The third-order valence-electron chi connectivity index (χ3n) is 9.59. The highest BCUT2D eigenvalue weighted by Gasteiger charge is 2.14. The van der Waals surface area contributed by atoms with E-state index in [-0.39, 0.29) is 0 Å². The van der Waals surface area contributed by atoms with Gasteiger partial charge in [-0.05, 0) is 95.7 Å². The van der Waals surface area contributed by atoms with Gasteiger partial charge in [0.1, 0.15) is 0 Å². The molecule has 212 valence electrons. The van der Waals surface area contributed by atoms with Crippen LogP contribution in [-0.4, -0.2) is 9.97 Å². The Bertz CT molecular complexity index is 2830. The molecule has 0 saturated heterocycles. The molecule has 1 aromatic heterocycles. The molecule has 0 unspecified atom stereocenters. The van der Waals surface area contributed by atoms with Gasteiger partial charge in [-0.2, -0.15) is 0 Å². The molecular weight excluding hydrogens is 556 g/mol. The maximum atomic E-state index is 5.17. The highest BCUT2D eigenvalue weighted by Crippen LogP contribution is 2.39. The summed E-state index contributed by atoms with van der Waals surface area (Å²) in [6.07, 6.45) is 0. The van der Waals surface area contributed by atoms with E-state index in [2.05, 4.69) is 133 Å². The van der Waals surface area contributed by atoms with Crippen LogP contribution in [0.25, 0.3) is 98.2 Å². The second kappa shape index (κ2) is 9.69. The summed E-state index contributed by atoms with van der Waals surface area (Å²) in [7, 11) is 0. The minimum Gasteiger partial charge on any atom is -0.244 e. The first kappa shape index (κ1) is 25.2. The molecule has 46 heavy (non-hydrogen) atoms. The van der Waals surface area contributed by atoms with Crippen LogP contribution in [0.15, 0.2) is 158 Å². The SMILES string of the molecule is c1cc(-c2ccc3c4ccccc4c4ccccc4c3c2)cc(-c2ccc3c4ccccc4c4nc5ccccc5nc4c3c2)c1. The maximum absolute atomic E-state index is 5.17. The quantitative estimate of drug-likeness (QED) is 0.150. The Labute approximate surface area is 265 Å². The van der Waals surface area contributed by atoms with Crippen LogP contribution in [0.1, 0.15) is 0 Å². The second-order valence-corrected chi connectivity index (χ2v) is 12.1. The summed E-state index contributed by atoms with van der Waals surface area (Å²) < 4.78 is 0. The van der Waals surface area contributed by atoms with E-state index in [4.69, 9.17) is 9.97 Å². The molecule has 10 rings (SSSR count). The zero-order valence-electron chi connectivity index (χ0n) is 24.9. The lowest BCUT2D eigenvalue weighted by molar-refractivity contribution is 1.42. The first-order chi connectivity index (χ1) is 22.8. The van der Waals surface area contributed by atoms with Crippen LogP contribution in [-0.2, 0) is 0 Å². The van der Waals surface area contributed by atoms with Crippen molar-refractivity contribution >= 4 is 75.9 Å². The number of hydrogen-bond acceptors (Lipinski definition) is 2. The fraction of sp³-hybridized carbons (Fsp3) is 0. The molecule has 2 nitrogen and oxygen atoms in total. The minimum absolute atomic E-state index is 0.913. The van der Waals surface area contributed by atoms with Crippen molar-refractivity contribution in [3.05, 3.63) is 158 Å². The van der Waals surface area contributed by atoms with Gasteiger partial charge in [0, 0.05) is 10.8 Å². The standard InChI is InChI=1S/C44H26N2/c1-2-14-33-31(12-1)32-13-3-4-16-35(32)39-25-29(20-22-36(33)39)27-10-9-11-28(24-27)30-21-23-37-34-15-5-6-17-38(34)43-44(40(37)26-30)46-42-19-8-7-18-41(42)45-43/h1-26H. The van der Waals surface area contributed by atoms with Crippen LogP contribution in [0.3, 0.4) is 0 Å². The lowest BCUT2D eigenvalue weighted by Crippen LogP contribution is -1.92. The second-order valence-electron chi connectivity index (χ2n) is 12.1. The van der Waals surface area contributed by atoms with E-state index < -0.39 is 0 Å². The minimum atomic E-state index is 0.913. The number of benzene rings is 9. The average Bonchev–Trinajstić information content (AvgIpc) is 3.14. The predicted molar refractivity (Wildman–Crippen MR) is 195 cm³/mol. The van der Waals surface area contributed by atoms with Gasteiger partial charge in [-0.1, -0.05) is 127 Å². The van der Waals surface area contributed by atoms with Gasteiger partial charge in [-0.15, -0.1) is 0 Å². The van der Waals surface area contributed by atoms with Crippen molar-refractivity contribution in [2.24, 2.45) is 0 Å². The maximum Gasteiger partial charge on any atom is 0.0979 e. The van der Waals surface area contributed by atoms with Crippen molar-refractivity contribution in [1.82, 2.24) is 9.97 Å². The lowest BCUT2D eigenvalue weighted by Gasteiger charge is -2.13. The Morgan fingerprint density at radius 1 is 0.239 bits per heavy atom. The van der Waals surface area contributed by atoms with Gasteiger partial charge in [0.25, 0.3) is 0 Å². The Hall–Kier alpha value is -6.12. The fourth-order valence-electron chi connectivity index (χ4n) is 7.42. The summed E-state index contributed by atoms with van der Waals surface area (Å²) in [5, 5.41) is 12.4. The molecule has 0 fully saturated rings. The zero-order chi connectivity index (χ0) is 30.2. The summed E-state index contributed by atoms with van der Waals surface area (Å²) in [5.41, 5.74) is 8.48. The van der Waals surface area contributed by atoms with E-state index in [9.17, 15) is 0 Å². The molecule has 2 heteroatoms. The molecule has 0 N–H and O–H groups in total. The van der Waals surface area contributed by atoms with Crippen molar-refractivity contribution in [3.63, 3.8) is 0 Å². The van der Waals surface area contributed by atoms with Crippen molar-refractivity contribution in [3.8, 4) is 22.3 Å². The third kappa shape index (κ3) is 3.71. The van der Waals surface area contributed by atoms with E-state index >= 15 is 0 Å². The number of hydrogen-bond donors (Lipinski definition) is 0. The van der Waals surface area contributed by atoms with Crippen LogP contribution >= 0.6 is 0 Å². The Morgan fingerprint density at radius 3 is 1.17 bits per heavy atom. The third-order valence-corrected chi connectivity index (χ3v) is 9.59. The topological polar surface area (TPSA) is 25.8 Å². The normalized spacial score (nSPS) is 11.9. The summed E-state index contributed by atoms with van der Waals surface area (Å²) in [6, 6.07) is 56.8. The molecule has 0 atom stereocenters. The van der Waals surface area contributed by atoms with Crippen LogP contribution in [0.5, 0.6) is 0 Å². The van der Waals surface area contributed by atoms with Crippen LogP contribution in [0.2, 0.25) is 0 Å². The highest BCUT2D eigenvalue weighted by molar-refractivity contribution is 6.26. The molecular formula is C44H26N2. The largest absolute Gasteiger partial charge is 0.244 e. The molecule has 0 amide bonds. The van der Waals surface area contributed by atoms with E-state index in [1.54, 1.807) is 0 Å². The molecule has 0 aliphatic rings. The Balaban J connectivity index is 1.17. The molecule has 0 bridgehead atoms. The van der Waals surface area contributed by atoms with Gasteiger partial charge in [0.2, 0.25) is 0 Å². The molecule has 10 aromatic rings. The Kier molecular flexibility index (Phi) is 5.31. The lowest BCUT2D eigenvalue weighted by atomic mass is 9.91. The molecule has 1 heterocycles. The molecule has 0 spiro atoms. The van der Waals surface area contributed by atoms with Gasteiger partial charge in [-0.3, -0.25) is 0 Å². The van der Waals surface area contributed by atoms with E-state index in [0.717, 1.165) is 38.4 Å². The molecule has 0 aliphatic heterocycles. The smallest absolute Gasteiger partial charge is 0.0979 e. The van der Waals surface area contributed by atoms with Crippen molar-refractivity contribution in [1.29, 1.82) is 0 Å². The molecule has 0 aliphatic carbocycles. The summed E-state index contributed by atoms with van der Waals surface area (Å²) in [4.78, 5) is 10.3. The van der Waals surface area contributed by atoms with Crippen molar-refractivity contribution < 1.29 is 0 Å². The van der Waals surface area contributed by atoms with Gasteiger partial charge in [0.15, 0.2) is 0 Å². The van der Waals surface area contributed by atoms with Crippen LogP contribution in [0.4, 0.5) is 0 Å². The summed E-state index contributed by atoms with van der Waals surface area (Å²) in [5.74, 6) is 0. The predicted octanol–water partition coefficient (Wildman–Crippen LogP) is 11.9. The zero-order valence-corrected chi connectivity index (χ0v) is 24.9. The number of rotatable bonds is 2. The molecule has 9 aromatic carbocycles. The summed E-state index contributed by atoms with van der Waals surface area (Å²) >= 11 is 0. The first-order valence-corrected chi connectivity index (χ1v) is 15.8. The van der Waals surface area contributed by atoms with E-state index in [0.29, 0.717) is 0 Å². The van der Waals surface area contributed by atoms with Crippen molar-refractivity contribution in [2.75, 3.05) is 0 Å². The first-order valence-electron chi connectivity index (χ1n) is 15.8. The Morgan fingerprint density at radius 2 is 0.609 bits per heavy atom. The monoisotopic (exact) mass is 582 g/mol. The molecule has 0 radical (unpaired) electrons. The number of para-hydroxylation sites is 2. The van der Waals surface area contributed by atoms with Gasteiger partial charge in [-0.25, -0.2) is 9.97 Å². The van der Waals surface area contributed by atoms with Crippen LogP contribution in [0, 0.1) is 0 Å². The number of fused-ring (bicyclic) bond motifs is 13. The average molecular weight is 583 g/mol.